The Morgan fingerprint density at radius 1 is 1.14 bits per heavy atom. The van der Waals surface area contributed by atoms with Crippen LogP contribution in [-0.2, 0) is 4.79 Å². The third kappa shape index (κ3) is 5.66. The molecule has 21 heavy (non-hydrogen) atoms. The van der Waals surface area contributed by atoms with Gasteiger partial charge in [0.2, 0.25) is 0 Å². The van der Waals surface area contributed by atoms with E-state index in [0.29, 0.717) is 19.1 Å². The lowest BCUT2D eigenvalue weighted by Crippen LogP contribution is -2.37. The fourth-order valence-electron chi connectivity index (χ4n) is 1.98. The highest BCUT2D eigenvalue weighted by atomic mass is 16.5. The number of hydrogen-bond donors (Lipinski definition) is 1. The lowest BCUT2D eigenvalue weighted by Gasteiger charge is -2.30. The van der Waals surface area contributed by atoms with Gasteiger partial charge in [-0.1, -0.05) is 20.8 Å². The van der Waals surface area contributed by atoms with Crippen molar-refractivity contribution >= 4 is 11.7 Å². The number of carboxylic acids is 1. The zero-order chi connectivity index (χ0) is 16.0. The van der Waals surface area contributed by atoms with Crippen molar-refractivity contribution in [2.75, 3.05) is 18.1 Å². The molecular formula is C17H27NO3. The second-order valence-corrected chi connectivity index (χ2v) is 6.18. The zero-order valence-electron chi connectivity index (χ0n) is 13.7. The van der Waals surface area contributed by atoms with Gasteiger partial charge in [-0.25, -0.2) is 0 Å². The molecule has 0 radical (unpaired) electrons. The molecule has 0 aliphatic rings. The highest BCUT2D eigenvalue weighted by Gasteiger charge is 2.18. The second-order valence-electron chi connectivity index (χ2n) is 6.18. The molecule has 1 unspecified atom stereocenters. The SMILES string of the molecule is CC(C)COc1ccc(N(CC(C)C(=O)O)C(C)C)cc1. The first-order chi connectivity index (χ1) is 9.81. The van der Waals surface area contributed by atoms with Gasteiger partial charge >= 0.3 is 5.97 Å². The topological polar surface area (TPSA) is 49.8 Å². The average molecular weight is 293 g/mol. The van der Waals surface area contributed by atoms with Gasteiger partial charge in [0.25, 0.3) is 0 Å². The number of hydrogen-bond acceptors (Lipinski definition) is 3. The molecule has 0 saturated carbocycles. The Morgan fingerprint density at radius 2 is 1.71 bits per heavy atom. The summed E-state index contributed by atoms with van der Waals surface area (Å²) in [5.74, 6) is 0.178. The van der Waals surface area contributed by atoms with Crippen LogP contribution >= 0.6 is 0 Å². The smallest absolute Gasteiger partial charge is 0.308 e. The largest absolute Gasteiger partial charge is 0.493 e. The lowest BCUT2D eigenvalue weighted by molar-refractivity contribution is -0.140. The molecule has 0 aromatic heterocycles. The van der Waals surface area contributed by atoms with Crippen LogP contribution in [0.2, 0.25) is 0 Å². The molecule has 0 heterocycles. The summed E-state index contributed by atoms with van der Waals surface area (Å²) < 4.78 is 5.67. The fraction of sp³-hybridized carbons (Fsp3) is 0.588. The van der Waals surface area contributed by atoms with Crippen molar-refractivity contribution in [3.8, 4) is 5.75 Å². The molecule has 0 bridgehead atoms. The van der Waals surface area contributed by atoms with E-state index in [1.54, 1.807) is 6.92 Å². The third-order valence-corrected chi connectivity index (χ3v) is 3.27. The average Bonchev–Trinajstić information content (AvgIpc) is 2.42. The molecule has 1 rings (SSSR count). The summed E-state index contributed by atoms with van der Waals surface area (Å²) in [6.45, 7) is 11.3. The van der Waals surface area contributed by atoms with E-state index in [1.807, 2.05) is 24.3 Å². The number of carbonyl (C=O) groups is 1. The molecule has 4 heteroatoms. The number of benzene rings is 1. The van der Waals surface area contributed by atoms with E-state index in [-0.39, 0.29) is 6.04 Å². The van der Waals surface area contributed by atoms with Crippen LogP contribution in [0.5, 0.6) is 5.75 Å². The van der Waals surface area contributed by atoms with Gasteiger partial charge in [0.1, 0.15) is 5.75 Å². The van der Waals surface area contributed by atoms with Crippen LogP contribution in [0.25, 0.3) is 0 Å². The predicted octanol–water partition coefficient (Wildman–Crippen LogP) is 3.66. The van der Waals surface area contributed by atoms with Gasteiger partial charge in [0, 0.05) is 18.3 Å². The maximum atomic E-state index is 11.0. The van der Waals surface area contributed by atoms with Crippen molar-refractivity contribution in [1.29, 1.82) is 0 Å². The van der Waals surface area contributed by atoms with E-state index in [0.717, 1.165) is 11.4 Å². The van der Waals surface area contributed by atoms with E-state index < -0.39 is 11.9 Å². The molecule has 0 spiro atoms. The maximum Gasteiger partial charge on any atom is 0.308 e. The molecule has 1 aromatic rings. The van der Waals surface area contributed by atoms with Gasteiger partial charge in [0.05, 0.1) is 12.5 Å². The van der Waals surface area contributed by atoms with E-state index in [2.05, 4.69) is 32.6 Å². The fourth-order valence-corrected chi connectivity index (χ4v) is 1.98. The highest BCUT2D eigenvalue weighted by molar-refractivity contribution is 5.70. The Bertz CT molecular complexity index is 440. The molecule has 0 aliphatic heterocycles. The Balaban J connectivity index is 2.77. The minimum Gasteiger partial charge on any atom is -0.493 e. The summed E-state index contributed by atoms with van der Waals surface area (Å²) in [6, 6.07) is 8.11. The van der Waals surface area contributed by atoms with E-state index in [1.165, 1.54) is 0 Å². The van der Waals surface area contributed by atoms with Crippen molar-refractivity contribution in [1.82, 2.24) is 0 Å². The van der Waals surface area contributed by atoms with Crippen LogP contribution in [0.1, 0.15) is 34.6 Å². The van der Waals surface area contributed by atoms with Crippen LogP contribution in [0.4, 0.5) is 5.69 Å². The quantitative estimate of drug-likeness (QED) is 0.794. The minimum absolute atomic E-state index is 0.245. The number of anilines is 1. The number of rotatable bonds is 8. The summed E-state index contributed by atoms with van der Waals surface area (Å²) in [7, 11) is 0. The molecule has 0 aliphatic carbocycles. The monoisotopic (exact) mass is 293 g/mol. The van der Waals surface area contributed by atoms with E-state index >= 15 is 0 Å². The first-order valence-corrected chi connectivity index (χ1v) is 7.53. The minimum atomic E-state index is -0.766. The maximum absolute atomic E-state index is 11.0. The van der Waals surface area contributed by atoms with Crippen molar-refractivity contribution in [2.45, 2.75) is 40.7 Å². The molecule has 0 fully saturated rings. The molecular weight excluding hydrogens is 266 g/mol. The van der Waals surface area contributed by atoms with Crippen LogP contribution in [0, 0.1) is 11.8 Å². The lowest BCUT2D eigenvalue weighted by atomic mass is 10.1. The molecule has 1 atom stereocenters. The normalized spacial score (nSPS) is 12.5. The molecule has 0 amide bonds. The number of aliphatic carboxylic acids is 1. The Hall–Kier alpha value is -1.71. The van der Waals surface area contributed by atoms with E-state index in [4.69, 9.17) is 9.84 Å². The van der Waals surface area contributed by atoms with Gasteiger partial charge < -0.3 is 14.7 Å². The Morgan fingerprint density at radius 3 is 2.14 bits per heavy atom. The second kappa shape index (κ2) is 7.91. The van der Waals surface area contributed by atoms with Crippen molar-refractivity contribution < 1.29 is 14.6 Å². The predicted molar refractivity (Wildman–Crippen MR) is 86.1 cm³/mol. The van der Waals surface area contributed by atoms with Crippen molar-refractivity contribution in [2.24, 2.45) is 11.8 Å². The van der Waals surface area contributed by atoms with Gasteiger partial charge in [0.15, 0.2) is 0 Å². The molecule has 4 nitrogen and oxygen atoms in total. The van der Waals surface area contributed by atoms with Crippen LogP contribution in [0.15, 0.2) is 24.3 Å². The van der Waals surface area contributed by atoms with Crippen LogP contribution in [0.3, 0.4) is 0 Å². The molecule has 1 aromatic carbocycles. The first kappa shape index (κ1) is 17.3. The first-order valence-electron chi connectivity index (χ1n) is 7.53. The molecule has 118 valence electrons. The summed E-state index contributed by atoms with van der Waals surface area (Å²) in [4.78, 5) is 13.1. The summed E-state index contributed by atoms with van der Waals surface area (Å²) >= 11 is 0. The summed E-state index contributed by atoms with van der Waals surface area (Å²) in [5.41, 5.74) is 1.02. The third-order valence-electron chi connectivity index (χ3n) is 3.27. The molecule has 0 saturated heterocycles. The van der Waals surface area contributed by atoms with Gasteiger partial charge in [-0.05, 0) is 44.0 Å². The van der Waals surface area contributed by atoms with Crippen LogP contribution in [-0.4, -0.2) is 30.3 Å². The summed E-state index contributed by atoms with van der Waals surface area (Å²) in [5, 5.41) is 9.08. The van der Waals surface area contributed by atoms with Crippen molar-refractivity contribution in [3.05, 3.63) is 24.3 Å². The highest BCUT2D eigenvalue weighted by Crippen LogP contribution is 2.22. The van der Waals surface area contributed by atoms with Crippen molar-refractivity contribution in [3.63, 3.8) is 0 Å². The summed E-state index contributed by atoms with van der Waals surface area (Å²) in [6.07, 6.45) is 0. The van der Waals surface area contributed by atoms with Gasteiger partial charge in [-0.3, -0.25) is 4.79 Å². The van der Waals surface area contributed by atoms with Gasteiger partial charge in [-0.2, -0.15) is 0 Å². The Kier molecular flexibility index (Phi) is 6.53. The van der Waals surface area contributed by atoms with Gasteiger partial charge in [-0.15, -0.1) is 0 Å². The number of carboxylic acid groups (broad SMARTS) is 1. The van der Waals surface area contributed by atoms with E-state index in [9.17, 15) is 4.79 Å². The van der Waals surface area contributed by atoms with Crippen LogP contribution < -0.4 is 9.64 Å². The number of nitrogens with zero attached hydrogens (tertiary/aromatic N) is 1. The zero-order valence-corrected chi connectivity index (χ0v) is 13.7. The molecule has 1 N–H and O–H groups in total. The number of ether oxygens (including phenoxy) is 1. The standard InChI is InChI=1S/C17H27NO3/c1-12(2)11-21-16-8-6-15(7-9-16)18(13(3)4)10-14(5)17(19)20/h6-9,12-14H,10-11H2,1-5H3,(H,19,20). The Labute approximate surface area is 127 Å².